The number of rotatable bonds is 6. The van der Waals surface area contributed by atoms with Crippen molar-refractivity contribution in [3.05, 3.63) is 0 Å². The smallest absolute Gasteiger partial charge is 0.319 e. The molecule has 2 N–H and O–H groups in total. The highest BCUT2D eigenvalue weighted by Crippen LogP contribution is 2.46. The van der Waals surface area contributed by atoms with Crippen LogP contribution in [0.2, 0.25) is 0 Å². The number of aliphatic carboxylic acids is 1. The van der Waals surface area contributed by atoms with Crippen molar-refractivity contribution in [1.82, 2.24) is 5.32 Å². The van der Waals surface area contributed by atoms with E-state index in [0.717, 1.165) is 0 Å². The summed E-state index contributed by atoms with van der Waals surface area (Å²) in [5.74, 6) is -0.938. The van der Waals surface area contributed by atoms with Gasteiger partial charge in [-0.15, -0.1) is 0 Å². The van der Waals surface area contributed by atoms with Crippen LogP contribution in [-0.4, -0.2) is 39.2 Å². The number of amides is 1. The van der Waals surface area contributed by atoms with E-state index in [1.807, 2.05) is 0 Å². The molecule has 1 fully saturated rings. The summed E-state index contributed by atoms with van der Waals surface area (Å²) in [6.07, 6.45) is 3.04. The molecule has 1 amide bonds. The van der Waals surface area contributed by atoms with E-state index in [9.17, 15) is 13.8 Å². The molecule has 92 valence electrons. The maximum Gasteiger partial charge on any atom is 0.319 e. The minimum absolute atomic E-state index is 0.131. The Bertz CT molecular complexity index is 325. The molecule has 5 nitrogen and oxygen atoms in total. The molecule has 2 unspecified atom stereocenters. The van der Waals surface area contributed by atoms with Crippen LogP contribution in [0.25, 0.3) is 0 Å². The highest BCUT2D eigenvalue weighted by atomic mass is 32.2. The SMILES string of the molecule is CC(CCS(C)=O)NC(=O)C1(C(=O)O)CC1. The van der Waals surface area contributed by atoms with E-state index >= 15 is 0 Å². The molecular weight excluding hydrogens is 230 g/mol. The topological polar surface area (TPSA) is 83.5 Å². The molecule has 0 aromatic carbocycles. The monoisotopic (exact) mass is 247 g/mol. The fourth-order valence-electron chi connectivity index (χ4n) is 1.44. The zero-order chi connectivity index (χ0) is 12.3. The summed E-state index contributed by atoms with van der Waals surface area (Å²) in [7, 11) is -0.883. The molecule has 1 rings (SSSR count). The van der Waals surface area contributed by atoms with Crippen molar-refractivity contribution in [1.29, 1.82) is 0 Å². The predicted octanol–water partition coefficient (Wildman–Crippen LogP) is 0.124. The third kappa shape index (κ3) is 3.04. The van der Waals surface area contributed by atoms with Gasteiger partial charge in [0.25, 0.3) is 0 Å². The van der Waals surface area contributed by atoms with Crippen LogP contribution in [0.3, 0.4) is 0 Å². The fraction of sp³-hybridized carbons (Fsp3) is 0.800. The zero-order valence-electron chi connectivity index (χ0n) is 9.49. The van der Waals surface area contributed by atoms with Gasteiger partial charge in [0.05, 0.1) is 0 Å². The number of nitrogens with one attached hydrogen (secondary N) is 1. The van der Waals surface area contributed by atoms with E-state index in [1.54, 1.807) is 13.2 Å². The largest absolute Gasteiger partial charge is 0.480 e. The van der Waals surface area contributed by atoms with Gasteiger partial charge in [0, 0.05) is 28.9 Å². The summed E-state index contributed by atoms with van der Waals surface area (Å²) in [4.78, 5) is 22.5. The minimum Gasteiger partial charge on any atom is -0.480 e. The minimum atomic E-state index is -1.18. The molecule has 6 heteroatoms. The van der Waals surface area contributed by atoms with E-state index in [1.165, 1.54) is 0 Å². The van der Waals surface area contributed by atoms with Crippen molar-refractivity contribution in [3.8, 4) is 0 Å². The third-order valence-corrected chi connectivity index (χ3v) is 3.62. The Kier molecular flexibility index (Phi) is 4.07. The Morgan fingerprint density at radius 1 is 1.50 bits per heavy atom. The van der Waals surface area contributed by atoms with Crippen LogP contribution in [-0.2, 0) is 20.4 Å². The maximum absolute atomic E-state index is 11.7. The molecule has 0 aliphatic heterocycles. The molecule has 2 atom stereocenters. The number of carbonyl (C=O) groups is 2. The second kappa shape index (κ2) is 4.95. The lowest BCUT2D eigenvalue weighted by Crippen LogP contribution is -2.42. The molecule has 0 spiro atoms. The highest BCUT2D eigenvalue weighted by molar-refractivity contribution is 7.84. The van der Waals surface area contributed by atoms with Crippen molar-refractivity contribution in [3.63, 3.8) is 0 Å². The van der Waals surface area contributed by atoms with Crippen molar-refractivity contribution in [2.75, 3.05) is 12.0 Å². The molecular formula is C10H17NO4S. The van der Waals surface area contributed by atoms with E-state index in [4.69, 9.17) is 5.11 Å². The molecule has 1 aliphatic rings. The molecule has 0 aromatic heterocycles. The van der Waals surface area contributed by atoms with Gasteiger partial charge in [-0.25, -0.2) is 0 Å². The zero-order valence-corrected chi connectivity index (χ0v) is 10.3. The summed E-state index contributed by atoms with van der Waals surface area (Å²) < 4.78 is 10.9. The molecule has 0 bridgehead atoms. The molecule has 0 saturated heterocycles. The number of carbonyl (C=O) groups excluding carboxylic acids is 1. The van der Waals surface area contributed by atoms with E-state index in [-0.39, 0.29) is 6.04 Å². The van der Waals surface area contributed by atoms with Gasteiger partial charge in [0.2, 0.25) is 5.91 Å². The summed E-state index contributed by atoms with van der Waals surface area (Å²) >= 11 is 0. The van der Waals surface area contributed by atoms with Gasteiger partial charge < -0.3 is 10.4 Å². The van der Waals surface area contributed by atoms with E-state index < -0.39 is 28.1 Å². The number of hydrogen-bond acceptors (Lipinski definition) is 3. The van der Waals surface area contributed by atoms with Crippen molar-refractivity contribution in [2.45, 2.75) is 32.2 Å². The highest BCUT2D eigenvalue weighted by Gasteiger charge is 2.57. The van der Waals surface area contributed by atoms with Crippen LogP contribution in [0, 0.1) is 5.41 Å². The summed E-state index contributed by atoms with van der Waals surface area (Å²) in [6.45, 7) is 1.79. The third-order valence-electron chi connectivity index (χ3n) is 2.81. The lowest BCUT2D eigenvalue weighted by atomic mass is 10.1. The van der Waals surface area contributed by atoms with Gasteiger partial charge in [-0.1, -0.05) is 0 Å². The Morgan fingerprint density at radius 3 is 2.44 bits per heavy atom. The quantitative estimate of drug-likeness (QED) is 0.653. The molecule has 1 aliphatic carbocycles. The average Bonchev–Trinajstić information content (AvgIpc) is 2.95. The van der Waals surface area contributed by atoms with Gasteiger partial charge in [-0.2, -0.15) is 0 Å². The maximum atomic E-state index is 11.7. The van der Waals surface area contributed by atoms with Gasteiger partial charge in [-0.05, 0) is 26.2 Å². The van der Waals surface area contributed by atoms with Crippen LogP contribution in [0.5, 0.6) is 0 Å². The lowest BCUT2D eigenvalue weighted by molar-refractivity contribution is -0.149. The lowest BCUT2D eigenvalue weighted by Gasteiger charge is -2.16. The second-order valence-corrected chi connectivity index (χ2v) is 5.88. The standard InChI is InChI=1S/C10H17NO4S/c1-7(3-6-16(2)15)11-8(12)10(4-5-10)9(13)14/h7H,3-6H2,1-2H3,(H,11,12)(H,13,14). The Labute approximate surface area is 97.1 Å². The Hall–Kier alpha value is -0.910. The van der Waals surface area contributed by atoms with Gasteiger partial charge in [0.15, 0.2) is 0 Å². The fourth-order valence-corrected chi connectivity index (χ4v) is 2.13. The van der Waals surface area contributed by atoms with Gasteiger partial charge in [0.1, 0.15) is 5.41 Å². The Morgan fingerprint density at radius 2 is 2.06 bits per heavy atom. The molecule has 0 heterocycles. The number of carboxylic acids is 1. The normalized spacial score (nSPS) is 20.9. The van der Waals surface area contributed by atoms with Gasteiger partial charge >= 0.3 is 5.97 Å². The average molecular weight is 247 g/mol. The first kappa shape index (κ1) is 13.2. The predicted molar refractivity (Wildman–Crippen MR) is 60.5 cm³/mol. The summed E-state index contributed by atoms with van der Waals surface area (Å²) in [6, 6.07) is -0.131. The van der Waals surface area contributed by atoms with Crippen molar-refractivity contribution < 1.29 is 18.9 Å². The van der Waals surface area contributed by atoms with Gasteiger partial charge in [-0.3, -0.25) is 13.8 Å². The van der Waals surface area contributed by atoms with Crippen molar-refractivity contribution in [2.24, 2.45) is 5.41 Å². The molecule has 16 heavy (non-hydrogen) atoms. The molecule has 0 radical (unpaired) electrons. The number of carboxylic acid groups (broad SMARTS) is 1. The number of hydrogen-bond donors (Lipinski definition) is 2. The van der Waals surface area contributed by atoms with Crippen LogP contribution < -0.4 is 5.32 Å². The van der Waals surface area contributed by atoms with Crippen LogP contribution in [0.1, 0.15) is 26.2 Å². The first-order valence-corrected chi connectivity index (χ1v) is 6.95. The van der Waals surface area contributed by atoms with Crippen molar-refractivity contribution >= 4 is 22.7 Å². The first-order valence-electron chi connectivity index (χ1n) is 5.23. The first-order chi connectivity index (χ1) is 7.38. The van der Waals surface area contributed by atoms with E-state index in [2.05, 4.69) is 5.32 Å². The second-order valence-electron chi connectivity index (χ2n) is 4.33. The van der Waals surface area contributed by atoms with Crippen LogP contribution in [0.4, 0.5) is 0 Å². The van der Waals surface area contributed by atoms with Crippen LogP contribution >= 0.6 is 0 Å². The summed E-state index contributed by atoms with van der Waals surface area (Å²) in [5.41, 5.74) is -1.18. The molecule has 1 saturated carbocycles. The summed E-state index contributed by atoms with van der Waals surface area (Å²) in [5, 5.41) is 11.6. The van der Waals surface area contributed by atoms with Crippen LogP contribution in [0.15, 0.2) is 0 Å². The molecule has 0 aromatic rings. The Balaban J connectivity index is 2.40. The van der Waals surface area contributed by atoms with E-state index in [0.29, 0.717) is 25.0 Å².